The van der Waals surface area contributed by atoms with E-state index in [-0.39, 0.29) is 32.3 Å². The van der Waals surface area contributed by atoms with Crippen molar-refractivity contribution < 1.29 is 32.8 Å². The van der Waals surface area contributed by atoms with Gasteiger partial charge < -0.3 is 20.1 Å². The molecule has 0 saturated carbocycles. The maximum atomic E-state index is 12.7. The number of unbranched alkanes of at least 4 members (excludes halogenated alkanes) is 31. The molecule has 64 heavy (non-hydrogen) atoms. The molecule has 376 valence electrons. The second-order valence-corrected chi connectivity index (χ2v) is 19.5. The molecule has 0 aliphatic carbocycles. The van der Waals surface area contributed by atoms with Gasteiger partial charge in [0.1, 0.15) is 6.10 Å². The number of rotatable bonds is 52. The zero-order valence-electron chi connectivity index (χ0n) is 42.0. The Hall–Kier alpha value is -1.54. The van der Waals surface area contributed by atoms with Gasteiger partial charge in [0.25, 0.3) is 0 Å². The van der Waals surface area contributed by atoms with Crippen molar-refractivity contribution in [2.45, 2.75) is 264 Å². The molecule has 2 atom stereocenters. The molecule has 2 unspecified atom stereocenters. The minimum absolute atomic E-state index is 0.0975. The lowest BCUT2D eigenvalue weighted by Crippen LogP contribution is -2.28. The van der Waals surface area contributed by atoms with E-state index in [0.29, 0.717) is 13.0 Å². The number of carbonyl (C=O) groups excluding carboxylic acids is 1. The molecule has 0 heterocycles. The van der Waals surface area contributed by atoms with Crippen molar-refractivity contribution in [2.75, 3.05) is 33.0 Å². The number of esters is 1. The van der Waals surface area contributed by atoms with Gasteiger partial charge in [-0.15, -0.1) is 0 Å². The molecule has 0 saturated heterocycles. The molecule has 0 fully saturated rings. The third-order valence-electron chi connectivity index (χ3n) is 11.7. The van der Waals surface area contributed by atoms with Crippen molar-refractivity contribution in [2.24, 2.45) is 5.73 Å². The zero-order valence-corrected chi connectivity index (χ0v) is 42.9. The van der Waals surface area contributed by atoms with Crippen LogP contribution in [0.1, 0.15) is 258 Å². The molecule has 0 aromatic heterocycles. The highest BCUT2D eigenvalue weighted by atomic mass is 31.2. The highest BCUT2D eigenvalue weighted by molar-refractivity contribution is 7.47. The minimum atomic E-state index is -4.29. The predicted octanol–water partition coefficient (Wildman–Crippen LogP) is 17.1. The molecule has 0 aliphatic rings. The smallest absolute Gasteiger partial charge is 0.457 e. The highest BCUT2D eigenvalue weighted by Gasteiger charge is 2.25. The summed E-state index contributed by atoms with van der Waals surface area (Å²) in [6.45, 7) is 4.93. The molecule has 0 amide bonds. The Bertz CT molecular complexity index is 1130. The van der Waals surface area contributed by atoms with Gasteiger partial charge in [0.15, 0.2) is 0 Å². The Morgan fingerprint density at radius 3 is 1.25 bits per heavy atom. The van der Waals surface area contributed by atoms with Crippen LogP contribution in [0.5, 0.6) is 0 Å². The number of nitrogens with two attached hydrogens (primary N) is 1. The molecule has 0 aromatic carbocycles. The molecule has 0 rings (SSSR count). The number of carbonyl (C=O) groups is 1. The number of hydrogen-bond acceptors (Lipinski definition) is 7. The Kier molecular flexibility index (Phi) is 51.2. The summed E-state index contributed by atoms with van der Waals surface area (Å²) in [6.07, 6.45) is 64.3. The number of phosphoric acid groups is 1. The minimum Gasteiger partial charge on any atom is -0.457 e. The van der Waals surface area contributed by atoms with E-state index >= 15 is 0 Å². The first-order valence-corrected chi connectivity index (χ1v) is 28.6. The molecule has 3 N–H and O–H groups in total. The van der Waals surface area contributed by atoms with Crippen molar-refractivity contribution in [1.82, 2.24) is 0 Å². The van der Waals surface area contributed by atoms with Gasteiger partial charge in [0, 0.05) is 19.6 Å². The van der Waals surface area contributed by atoms with E-state index in [4.69, 9.17) is 24.3 Å². The van der Waals surface area contributed by atoms with Gasteiger partial charge in [-0.2, -0.15) is 0 Å². The summed E-state index contributed by atoms with van der Waals surface area (Å²) < 4.78 is 33.6. The fourth-order valence-electron chi connectivity index (χ4n) is 7.71. The van der Waals surface area contributed by atoms with Crippen molar-refractivity contribution in [3.63, 3.8) is 0 Å². The van der Waals surface area contributed by atoms with Crippen LogP contribution in [-0.2, 0) is 27.9 Å². The standard InChI is InChI=1S/C55H104NO7P/c1-3-5-7-9-11-13-15-17-19-21-23-25-26-27-29-31-33-35-37-39-41-43-45-47-50-60-52-54(53-62-64(58,59)61-51-49-56)63-55(57)48-46-44-42-40-38-36-34-32-30-28-24-22-20-18-16-14-12-10-8-6-4-2/h15,17,21-24,26-27,54H,3-14,16,18-20,25,28-53,56H2,1-2H3,(H,58,59)/b17-15-,23-21-,24-22-,27-26-. The predicted molar refractivity (Wildman–Crippen MR) is 275 cm³/mol. The summed E-state index contributed by atoms with van der Waals surface area (Å²) in [5, 5.41) is 0. The van der Waals surface area contributed by atoms with E-state index in [1.165, 1.54) is 193 Å². The van der Waals surface area contributed by atoms with Crippen molar-refractivity contribution in [1.29, 1.82) is 0 Å². The molecule has 0 aromatic rings. The average Bonchev–Trinajstić information content (AvgIpc) is 3.29. The van der Waals surface area contributed by atoms with Gasteiger partial charge in [0.05, 0.1) is 19.8 Å². The van der Waals surface area contributed by atoms with Crippen LogP contribution in [0, 0.1) is 0 Å². The summed E-state index contributed by atoms with van der Waals surface area (Å²) >= 11 is 0. The van der Waals surface area contributed by atoms with Gasteiger partial charge >= 0.3 is 13.8 Å². The summed E-state index contributed by atoms with van der Waals surface area (Å²) in [6, 6.07) is 0. The normalized spacial score (nSPS) is 13.6. The second-order valence-electron chi connectivity index (χ2n) is 18.1. The summed E-state index contributed by atoms with van der Waals surface area (Å²) in [5.41, 5.74) is 5.40. The van der Waals surface area contributed by atoms with Crippen molar-refractivity contribution >= 4 is 13.8 Å². The Labute approximate surface area is 396 Å². The SMILES string of the molecule is CCCCCCC/C=C\C/C=C\C/C=C\CCCCCCCCCCCOCC(COP(=O)(O)OCCN)OC(=O)CCCCCCCCCCC/C=C\CCCCCCCCCC. The average molecular weight is 922 g/mol. The summed E-state index contributed by atoms with van der Waals surface area (Å²) in [4.78, 5) is 22.6. The van der Waals surface area contributed by atoms with Crippen LogP contribution in [0.25, 0.3) is 0 Å². The molecule has 0 radical (unpaired) electrons. The summed E-state index contributed by atoms with van der Waals surface area (Å²) in [5.74, 6) is -0.332. The van der Waals surface area contributed by atoms with Gasteiger partial charge in [-0.25, -0.2) is 4.57 Å². The Balaban J connectivity index is 3.93. The molecule has 0 aliphatic heterocycles. The topological polar surface area (TPSA) is 117 Å². The van der Waals surface area contributed by atoms with Gasteiger partial charge in [-0.05, 0) is 77.0 Å². The van der Waals surface area contributed by atoms with Crippen LogP contribution in [0.3, 0.4) is 0 Å². The van der Waals surface area contributed by atoms with Crippen molar-refractivity contribution in [3.05, 3.63) is 48.6 Å². The fraction of sp³-hybridized carbons (Fsp3) is 0.836. The largest absolute Gasteiger partial charge is 0.472 e. The molecule has 0 bridgehead atoms. The second kappa shape index (κ2) is 52.4. The first kappa shape index (κ1) is 62.5. The maximum absolute atomic E-state index is 12.7. The third-order valence-corrected chi connectivity index (χ3v) is 12.7. The fourth-order valence-corrected chi connectivity index (χ4v) is 8.47. The lowest BCUT2D eigenvalue weighted by molar-refractivity contribution is -0.154. The number of hydrogen-bond donors (Lipinski definition) is 2. The number of allylic oxidation sites excluding steroid dienone is 8. The quantitative estimate of drug-likeness (QED) is 0.0268. The van der Waals surface area contributed by atoms with Crippen LogP contribution in [0.2, 0.25) is 0 Å². The van der Waals surface area contributed by atoms with E-state index in [0.717, 1.165) is 44.9 Å². The van der Waals surface area contributed by atoms with E-state index in [2.05, 4.69) is 62.5 Å². The summed E-state index contributed by atoms with van der Waals surface area (Å²) in [7, 11) is -4.29. The highest BCUT2D eigenvalue weighted by Crippen LogP contribution is 2.43. The molecule has 8 nitrogen and oxygen atoms in total. The molecule has 9 heteroatoms. The van der Waals surface area contributed by atoms with Crippen LogP contribution in [0.4, 0.5) is 0 Å². The van der Waals surface area contributed by atoms with E-state index in [1.807, 2.05) is 0 Å². The molecular formula is C55H104NO7P. The van der Waals surface area contributed by atoms with Crippen LogP contribution < -0.4 is 5.73 Å². The van der Waals surface area contributed by atoms with Crippen LogP contribution >= 0.6 is 7.82 Å². The van der Waals surface area contributed by atoms with E-state index in [1.54, 1.807) is 0 Å². The van der Waals surface area contributed by atoms with Crippen molar-refractivity contribution in [3.8, 4) is 0 Å². The van der Waals surface area contributed by atoms with Crippen LogP contribution in [0.15, 0.2) is 48.6 Å². The Morgan fingerprint density at radius 1 is 0.469 bits per heavy atom. The van der Waals surface area contributed by atoms with Gasteiger partial charge in [0.2, 0.25) is 0 Å². The van der Waals surface area contributed by atoms with E-state index in [9.17, 15) is 14.3 Å². The molecule has 0 spiro atoms. The molecular weight excluding hydrogens is 818 g/mol. The van der Waals surface area contributed by atoms with Gasteiger partial charge in [-0.1, -0.05) is 223 Å². The first-order chi connectivity index (χ1) is 31.4. The monoisotopic (exact) mass is 922 g/mol. The lowest BCUT2D eigenvalue weighted by Gasteiger charge is -2.20. The zero-order chi connectivity index (χ0) is 46.5. The first-order valence-electron chi connectivity index (χ1n) is 27.1. The third kappa shape index (κ3) is 51.4. The van der Waals surface area contributed by atoms with E-state index < -0.39 is 13.9 Å². The maximum Gasteiger partial charge on any atom is 0.472 e. The lowest BCUT2D eigenvalue weighted by atomic mass is 10.1. The number of phosphoric ester groups is 1. The van der Waals surface area contributed by atoms with Gasteiger partial charge in [-0.3, -0.25) is 13.8 Å². The Morgan fingerprint density at radius 2 is 0.828 bits per heavy atom. The van der Waals surface area contributed by atoms with Crippen LogP contribution in [-0.4, -0.2) is 49.9 Å². The number of ether oxygens (including phenoxy) is 2.